The van der Waals surface area contributed by atoms with Crippen LogP contribution in [0.3, 0.4) is 0 Å². The molecular formula is C12H24. The Hall–Kier alpha value is 0. The van der Waals surface area contributed by atoms with Crippen molar-refractivity contribution in [3.05, 3.63) is 0 Å². The minimum Gasteiger partial charge on any atom is -0.0651 e. The maximum absolute atomic E-state index is 2.46. The quantitative estimate of drug-likeness (QED) is 0.591. The molecule has 1 aliphatic carbocycles. The number of hydrogen-bond donors (Lipinski definition) is 0. The largest absolute Gasteiger partial charge is 0.0651 e. The Morgan fingerprint density at radius 1 is 1.08 bits per heavy atom. The van der Waals surface area contributed by atoms with Crippen LogP contribution in [-0.2, 0) is 0 Å². The van der Waals surface area contributed by atoms with Gasteiger partial charge in [0.15, 0.2) is 0 Å². The van der Waals surface area contributed by atoms with Crippen molar-refractivity contribution in [1.29, 1.82) is 0 Å². The average Bonchev–Trinajstić information content (AvgIpc) is 2.10. The van der Waals surface area contributed by atoms with E-state index in [-0.39, 0.29) is 0 Å². The summed E-state index contributed by atoms with van der Waals surface area (Å²) in [5, 5.41) is 0. The van der Waals surface area contributed by atoms with E-state index >= 15 is 0 Å². The van der Waals surface area contributed by atoms with Crippen LogP contribution in [0.1, 0.15) is 59.3 Å². The van der Waals surface area contributed by atoms with Crippen molar-refractivity contribution in [3.8, 4) is 0 Å². The molecule has 0 heteroatoms. The number of hydrogen-bond acceptors (Lipinski definition) is 0. The van der Waals surface area contributed by atoms with Gasteiger partial charge in [-0.25, -0.2) is 0 Å². The van der Waals surface area contributed by atoms with Crippen molar-refractivity contribution < 1.29 is 0 Å². The molecule has 1 saturated carbocycles. The molecule has 0 aromatic rings. The molecule has 0 saturated heterocycles. The van der Waals surface area contributed by atoms with E-state index in [9.17, 15) is 0 Å². The van der Waals surface area contributed by atoms with Crippen LogP contribution in [0.5, 0.6) is 0 Å². The molecular weight excluding hydrogens is 144 g/mol. The molecule has 72 valence electrons. The first kappa shape index (κ1) is 10.1. The lowest BCUT2D eigenvalue weighted by molar-refractivity contribution is 0.166. The van der Waals surface area contributed by atoms with Gasteiger partial charge in [0.25, 0.3) is 0 Å². The second-order valence-electron chi connectivity index (χ2n) is 4.50. The van der Waals surface area contributed by atoms with Crippen LogP contribution in [0.4, 0.5) is 0 Å². The van der Waals surface area contributed by atoms with Crippen molar-refractivity contribution in [2.45, 2.75) is 59.3 Å². The molecule has 2 atom stereocenters. The highest BCUT2D eigenvalue weighted by Crippen LogP contribution is 2.37. The molecule has 1 fully saturated rings. The summed E-state index contributed by atoms with van der Waals surface area (Å²) >= 11 is 0. The summed E-state index contributed by atoms with van der Waals surface area (Å²) in [5.74, 6) is 3.07. The topological polar surface area (TPSA) is 0 Å². The molecule has 0 heterocycles. The van der Waals surface area contributed by atoms with Crippen LogP contribution >= 0.6 is 0 Å². The fraction of sp³-hybridized carbons (Fsp3) is 1.00. The Labute approximate surface area is 77.7 Å². The van der Waals surface area contributed by atoms with Gasteiger partial charge in [-0.05, 0) is 24.2 Å². The molecule has 0 spiro atoms. The maximum atomic E-state index is 2.46. The first-order valence-corrected chi connectivity index (χ1v) is 5.79. The van der Waals surface area contributed by atoms with E-state index in [4.69, 9.17) is 0 Å². The monoisotopic (exact) mass is 168 g/mol. The SMILES string of the molecule is CCC(CC)C1CCCCC1C. The zero-order valence-electron chi connectivity index (χ0n) is 8.97. The van der Waals surface area contributed by atoms with E-state index in [2.05, 4.69) is 20.8 Å². The molecule has 12 heavy (non-hydrogen) atoms. The van der Waals surface area contributed by atoms with Gasteiger partial charge in [-0.3, -0.25) is 0 Å². The van der Waals surface area contributed by atoms with Crippen LogP contribution in [0.2, 0.25) is 0 Å². The van der Waals surface area contributed by atoms with Crippen molar-refractivity contribution in [2.24, 2.45) is 17.8 Å². The maximum Gasteiger partial charge on any atom is -0.0360 e. The van der Waals surface area contributed by atoms with Gasteiger partial charge in [-0.2, -0.15) is 0 Å². The van der Waals surface area contributed by atoms with Crippen molar-refractivity contribution in [3.63, 3.8) is 0 Å². The fourth-order valence-corrected chi connectivity index (χ4v) is 2.94. The summed E-state index contributed by atoms with van der Waals surface area (Å²) in [6.07, 6.45) is 8.76. The van der Waals surface area contributed by atoms with Crippen molar-refractivity contribution >= 4 is 0 Å². The van der Waals surface area contributed by atoms with Gasteiger partial charge >= 0.3 is 0 Å². The smallest absolute Gasteiger partial charge is 0.0360 e. The van der Waals surface area contributed by atoms with Gasteiger partial charge in [0, 0.05) is 0 Å². The zero-order valence-corrected chi connectivity index (χ0v) is 8.97. The summed E-state index contributed by atoms with van der Waals surface area (Å²) in [6.45, 7) is 7.17. The highest BCUT2D eigenvalue weighted by atomic mass is 14.3. The van der Waals surface area contributed by atoms with Gasteiger partial charge in [0.2, 0.25) is 0 Å². The van der Waals surface area contributed by atoms with Crippen LogP contribution < -0.4 is 0 Å². The third-order valence-electron chi connectivity index (χ3n) is 3.83. The molecule has 0 bridgehead atoms. The zero-order chi connectivity index (χ0) is 8.97. The predicted octanol–water partition coefficient (Wildman–Crippen LogP) is 4.25. The van der Waals surface area contributed by atoms with Gasteiger partial charge in [-0.1, -0.05) is 52.9 Å². The molecule has 1 aliphatic rings. The molecule has 0 amide bonds. The minimum atomic E-state index is 1.00. The summed E-state index contributed by atoms with van der Waals surface area (Å²) in [4.78, 5) is 0. The van der Waals surface area contributed by atoms with E-state index in [0.29, 0.717) is 0 Å². The van der Waals surface area contributed by atoms with E-state index in [0.717, 1.165) is 17.8 Å². The molecule has 0 radical (unpaired) electrons. The normalized spacial score (nSPS) is 31.0. The third kappa shape index (κ3) is 2.24. The first-order chi connectivity index (χ1) is 5.79. The predicted molar refractivity (Wildman–Crippen MR) is 55.2 cm³/mol. The Morgan fingerprint density at radius 2 is 1.67 bits per heavy atom. The minimum absolute atomic E-state index is 1.00. The lowest BCUT2D eigenvalue weighted by atomic mass is 9.71. The summed E-state index contributed by atoms with van der Waals surface area (Å²) < 4.78 is 0. The summed E-state index contributed by atoms with van der Waals surface area (Å²) in [7, 11) is 0. The second kappa shape index (κ2) is 4.89. The van der Waals surface area contributed by atoms with E-state index in [1.165, 1.54) is 38.5 Å². The molecule has 0 aromatic carbocycles. The Kier molecular flexibility index (Phi) is 4.11. The molecule has 0 aromatic heterocycles. The molecule has 0 N–H and O–H groups in total. The Balaban J connectivity index is 2.45. The molecule has 2 unspecified atom stereocenters. The van der Waals surface area contributed by atoms with Gasteiger partial charge in [0.1, 0.15) is 0 Å². The van der Waals surface area contributed by atoms with Gasteiger partial charge in [-0.15, -0.1) is 0 Å². The average molecular weight is 168 g/mol. The van der Waals surface area contributed by atoms with Crippen molar-refractivity contribution in [1.82, 2.24) is 0 Å². The van der Waals surface area contributed by atoms with E-state index in [1.807, 2.05) is 0 Å². The lowest BCUT2D eigenvalue weighted by Crippen LogP contribution is -2.24. The van der Waals surface area contributed by atoms with Gasteiger partial charge in [0.05, 0.1) is 0 Å². The van der Waals surface area contributed by atoms with Crippen LogP contribution in [0, 0.1) is 17.8 Å². The summed E-state index contributed by atoms with van der Waals surface area (Å²) in [6, 6.07) is 0. The lowest BCUT2D eigenvalue weighted by Gasteiger charge is -2.34. The Morgan fingerprint density at radius 3 is 2.17 bits per heavy atom. The van der Waals surface area contributed by atoms with E-state index < -0.39 is 0 Å². The standard InChI is InChI=1S/C12H24/c1-4-11(5-2)12-9-7-6-8-10(12)3/h10-12H,4-9H2,1-3H3. The molecule has 1 rings (SSSR count). The van der Waals surface area contributed by atoms with E-state index in [1.54, 1.807) is 0 Å². The van der Waals surface area contributed by atoms with Crippen molar-refractivity contribution in [2.75, 3.05) is 0 Å². The molecule has 0 aliphatic heterocycles. The highest BCUT2D eigenvalue weighted by molar-refractivity contribution is 4.77. The van der Waals surface area contributed by atoms with Crippen LogP contribution in [0.15, 0.2) is 0 Å². The summed E-state index contributed by atoms with van der Waals surface area (Å²) in [5.41, 5.74) is 0. The Bertz CT molecular complexity index is 113. The fourth-order valence-electron chi connectivity index (χ4n) is 2.94. The highest BCUT2D eigenvalue weighted by Gasteiger charge is 2.26. The van der Waals surface area contributed by atoms with Crippen LogP contribution in [-0.4, -0.2) is 0 Å². The second-order valence-corrected chi connectivity index (χ2v) is 4.50. The van der Waals surface area contributed by atoms with Crippen LogP contribution in [0.25, 0.3) is 0 Å². The first-order valence-electron chi connectivity index (χ1n) is 5.79. The molecule has 0 nitrogen and oxygen atoms in total. The third-order valence-corrected chi connectivity index (χ3v) is 3.83. The van der Waals surface area contributed by atoms with Gasteiger partial charge < -0.3 is 0 Å². The number of rotatable bonds is 3.